The molecular weight excluding hydrogens is 509 g/mol. The second kappa shape index (κ2) is 10.9. The van der Waals surface area contributed by atoms with Crippen molar-refractivity contribution in [1.82, 2.24) is 9.88 Å². The lowest BCUT2D eigenvalue weighted by Gasteiger charge is -2.30. The van der Waals surface area contributed by atoms with Gasteiger partial charge in [-0.15, -0.1) is 0 Å². The van der Waals surface area contributed by atoms with Crippen LogP contribution in [0.2, 0.25) is 10.0 Å². The van der Waals surface area contributed by atoms with Crippen LogP contribution in [0.1, 0.15) is 34.1 Å². The van der Waals surface area contributed by atoms with Crippen molar-refractivity contribution in [3.8, 4) is 0 Å². The predicted molar refractivity (Wildman–Crippen MR) is 146 cm³/mol. The highest BCUT2D eigenvalue weighted by Gasteiger charge is 2.29. The van der Waals surface area contributed by atoms with Crippen molar-refractivity contribution >= 4 is 51.7 Å². The number of hydrogen-bond donors (Lipinski definition) is 1. The van der Waals surface area contributed by atoms with E-state index in [0.717, 1.165) is 36.3 Å². The van der Waals surface area contributed by atoms with Crippen molar-refractivity contribution in [2.24, 2.45) is 0 Å². The number of nitrogens with zero attached hydrogens (tertiary/aromatic N) is 2. The van der Waals surface area contributed by atoms with Crippen LogP contribution in [0, 0.1) is 0 Å². The normalized spacial score (nSPS) is 14.1. The van der Waals surface area contributed by atoms with Gasteiger partial charge in [-0.3, -0.25) is 14.7 Å². The largest absolute Gasteiger partial charge is 0.449 e. The average Bonchev–Trinajstić information content (AvgIpc) is 2.90. The van der Waals surface area contributed by atoms with Gasteiger partial charge >= 0.3 is 5.97 Å². The third kappa shape index (κ3) is 5.62. The maximum atomic E-state index is 13.6. The summed E-state index contributed by atoms with van der Waals surface area (Å²) in [5.74, 6) is -1.06. The van der Waals surface area contributed by atoms with E-state index in [9.17, 15) is 9.59 Å². The Balaban J connectivity index is 1.41. The fraction of sp³-hybridized carbons (Fsp3) is 0.207. The summed E-state index contributed by atoms with van der Waals surface area (Å²) in [5.41, 5.74) is 4.47. The molecule has 1 aliphatic heterocycles. The SMILES string of the molecule is CC(OC(=O)c1c2c(nc3ccccc13)CCN(Cc1ccccc1)C2)C(=O)Nc1cc(Cl)ccc1Cl. The Bertz CT molecular complexity index is 1480. The molecule has 37 heavy (non-hydrogen) atoms. The monoisotopic (exact) mass is 533 g/mol. The number of fused-ring (bicyclic) bond motifs is 2. The van der Waals surface area contributed by atoms with Crippen LogP contribution in [0.3, 0.4) is 0 Å². The topological polar surface area (TPSA) is 71.5 Å². The number of hydrogen-bond acceptors (Lipinski definition) is 5. The lowest BCUT2D eigenvalue weighted by atomic mass is 9.95. The van der Waals surface area contributed by atoms with Gasteiger partial charge in [0.1, 0.15) is 0 Å². The van der Waals surface area contributed by atoms with Crippen LogP contribution in [0.15, 0.2) is 72.8 Å². The first kappa shape index (κ1) is 25.2. The van der Waals surface area contributed by atoms with E-state index in [-0.39, 0.29) is 0 Å². The summed E-state index contributed by atoms with van der Waals surface area (Å²) in [6.07, 6.45) is -0.342. The Hall–Kier alpha value is -3.45. The molecule has 6 nitrogen and oxygen atoms in total. The van der Waals surface area contributed by atoms with Gasteiger partial charge in [-0.2, -0.15) is 0 Å². The lowest BCUT2D eigenvalue weighted by Crippen LogP contribution is -2.34. The highest BCUT2D eigenvalue weighted by atomic mass is 35.5. The van der Waals surface area contributed by atoms with Gasteiger partial charge in [0.15, 0.2) is 6.10 Å². The summed E-state index contributed by atoms with van der Waals surface area (Å²) in [4.78, 5) is 33.6. The van der Waals surface area contributed by atoms with E-state index in [2.05, 4.69) is 22.3 Å². The number of ether oxygens (including phenoxy) is 1. The maximum absolute atomic E-state index is 13.6. The van der Waals surface area contributed by atoms with Crippen molar-refractivity contribution in [3.63, 3.8) is 0 Å². The van der Waals surface area contributed by atoms with Crippen LogP contribution < -0.4 is 5.32 Å². The molecule has 1 aliphatic rings. The van der Waals surface area contributed by atoms with Crippen molar-refractivity contribution in [2.75, 3.05) is 11.9 Å². The number of rotatable bonds is 6. The molecule has 4 aromatic rings. The zero-order chi connectivity index (χ0) is 25.9. The molecule has 188 valence electrons. The molecule has 8 heteroatoms. The van der Waals surface area contributed by atoms with Gasteiger partial charge in [0, 0.05) is 47.7 Å². The van der Waals surface area contributed by atoms with Gasteiger partial charge in [0.05, 0.1) is 21.8 Å². The van der Waals surface area contributed by atoms with Gasteiger partial charge in [0.25, 0.3) is 5.91 Å². The number of halogens is 2. The molecule has 1 unspecified atom stereocenters. The van der Waals surface area contributed by atoms with E-state index >= 15 is 0 Å². The standard InChI is InChI=1S/C29H25Cl2N3O3/c1-18(28(35)33-26-15-20(30)11-12-23(26)31)37-29(36)27-21-9-5-6-10-24(21)32-25-13-14-34(17-22(25)27)16-19-7-3-2-4-8-19/h2-12,15,18H,13-14,16-17H2,1H3,(H,33,35). The summed E-state index contributed by atoms with van der Waals surface area (Å²) in [6.45, 7) is 3.69. The smallest absolute Gasteiger partial charge is 0.339 e. The van der Waals surface area contributed by atoms with Crippen LogP contribution >= 0.6 is 23.2 Å². The van der Waals surface area contributed by atoms with Gasteiger partial charge in [-0.05, 0) is 36.8 Å². The fourth-order valence-electron chi connectivity index (χ4n) is 4.56. The molecule has 0 radical (unpaired) electrons. The Kier molecular flexibility index (Phi) is 7.42. The summed E-state index contributed by atoms with van der Waals surface area (Å²) in [6, 6.07) is 22.5. The predicted octanol–water partition coefficient (Wildman–Crippen LogP) is 6.28. The quantitative estimate of drug-likeness (QED) is 0.295. The Labute approximate surface area is 225 Å². The first-order valence-corrected chi connectivity index (χ1v) is 12.8. The molecule has 1 atom stereocenters. The third-order valence-corrected chi connectivity index (χ3v) is 6.98. The summed E-state index contributed by atoms with van der Waals surface area (Å²) >= 11 is 12.2. The van der Waals surface area contributed by atoms with Crippen LogP contribution in [-0.4, -0.2) is 34.4 Å². The number of pyridine rings is 1. The fourth-order valence-corrected chi connectivity index (χ4v) is 4.89. The molecule has 1 N–H and O–H groups in total. The van der Waals surface area contributed by atoms with Crippen molar-refractivity contribution in [1.29, 1.82) is 0 Å². The molecule has 0 spiro atoms. The Morgan fingerprint density at radius 1 is 1.05 bits per heavy atom. The zero-order valence-corrected chi connectivity index (χ0v) is 21.7. The van der Waals surface area contributed by atoms with Gasteiger partial charge in [-0.25, -0.2) is 4.79 Å². The van der Waals surface area contributed by atoms with Gasteiger partial charge in [-0.1, -0.05) is 71.7 Å². The number of anilines is 1. The van der Waals surface area contributed by atoms with Crippen LogP contribution in [0.5, 0.6) is 0 Å². The zero-order valence-electron chi connectivity index (χ0n) is 20.2. The molecule has 0 saturated heterocycles. The molecule has 1 aromatic heterocycles. The number of carbonyl (C=O) groups is 2. The van der Waals surface area contributed by atoms with E-state index in [4.69, 9.17) is 32.9 Å². The van der Waals surface area contributed by atoms with E-state index in [1.165, 1.54) is 12.5 Å². The second-order valence-electron chi connectivity index (χ2n) is 9.04. The first-order chi connectivity index (χ1) is 17.9. The van der Waals surface area contributed by atoms with Crippen LogP contribution in [-0.2, 0) is 29.0 Å². The number of nitrogens with one attached hydrogen (secondary N) is 1. The van der Waals surface area contributed by atoms with E-state index in [1.807, 2.05) is 42.5 Å². The second-order valence-corrected chi connectivity index (χ2v) is 9.88. The van der Waals surface area contributed by atoms with E-state index < -0.39 is 18.0 Å². The maximum Gasteiger partial charge on any atom is 0.339 e. The minimum atomic E-state index is -1.06. The average molecular weight is 534 g/mol. The minimum absolute atomic E-state index is 0.337. The highest BCUT2D eigenvalue weighted by molar-refractivity contribution is 6.35. The van der Waals surface area contributed by atoms with Crippen LogP contribution in [0.25, 0.3) is 10.9 Å². The van der Waals surface area contributed by atoms with E-state index in [1.54, 1.807) is 18.2 Å². The van der Waals surface area contributed by atoms with Crippen molar-refractivity contribution in [2.45, 2.75) is 32.5 Å². The van der Waals surface area contributed by atoms with Gasteiger partial charge < -0.3 is 10.1 Å². The Morgan fingerprint density at radius 3 is 2.62 bits per heavy atom. The molecule has 3 aromatic carbocycles. The number of carbonyl (C=O) groups excluding carboxylic acids is 2. The third-order valence-electron chi connectivity index (χ3n) is 6.42. The van der Waals surface area contributed by atoms with Crippen molar-refractivity contribution < 1.29 is 14.3 Å². The Morgan fingerprint density at radius 2 is 1.81 bits per heavy atom. The summed E-state index contributed by atoms with van der Waals surface area (Å²) < 4.78 is 5.69. The van der Waals surface area contributed by atoms with Gasteiger partial charge in [0.2, 0.25) is 0 Å². The molecule has 1 amide bonds. The van der Waals surface area contributed by atoms with Crippen LogP contribution in [0.4, 0.5) is 5.69 Å². The number of esters is 1. The first-order valence-electron chi connectivity index (χ1n) is 12.0. The molecule has 0 bridgehead atoms. The minimum Gasteiger partial charge on any atom is -0.449 e. The number of benzene rings is 3. The highest BCUT2D eigenvalue weighted by Crippen LogP contribution is 2.30. The molecule has 0 saturated carbocycles. The van der Waals surface area contributed by atoms with E-state index in [0.29, 0.717) is 33.2 Å². The summed E-state index contributed by atoms with van der Waals surface area (Å²) in [7, 11) is 0. The number of aromatic nitrogens is 1. The lowest BCUT2D eigenvalue weighted by molar-refractivity contribution is -0.123. The molecule has 0 fully saturated rings. The molecule has 0 aliphatic carbocycles. The van der Waals surface area contributed by atoms with Crippen molar-refractivity contribution in [3.05, 3.63) is 105 Å². The number of amides is 1. The summed E-state index contributed by atoms with van der Waals surface area (Å²) in [5, 5.41) is 4.16. The number of para-hydroxylation sites is 1. The molecule has 5 rings (SSSR count). The molecular formula is C29H25Cl2N3O3. The molecule has 2 heterocycles.